The SMILES string of the molecule is [C-]1=CC=CC1.[Cl][Ti][Cl].c1ccc([C-](c2ccccc2)c2ccccc2)cc1. The molecule has 0 bridgehead atoms. The minimum absolute atomic E-state index is 0.556. The van der Waals surface area contributed by atoms with E-state index >= 15 is 0 Å². The van der Waals surface area contributed by atoms with Crippen LogP contribution in [-0.4, -0.2) is 0 Å². The summed E-state index contributed by atoms with van der Waals surface area (Å²) in [7, 11) is 9.78. The molecule has 0 amide bonds. The molecule has 3 aromatic rings. The third-order valence-corrected chi connectivity index (χ3v) is 3.77. The number of hydrogen-bond donors (Lipinski definition) is 0. The Bertz CT molecular complexity index is 696. The molecule has 0 saturated heterocycles. The fourth-order valence-corrected chi connectivity index (χ4v) is 2.65. The van der Waals surface area contributed by atoms with E-state index in [1.54, 1.807) is 0 Å². The van der Waals surface area contributed by atoms with Crippen LogP contribution in [0, 0.1) is 12.0 Å². The quantitative estimate of drug-likeness (QED) is 0.232. The summed E-state index contributed by atoms with van der Waals surface area (Å²) in [6, 6.07) is 31.6. The first-order valence-electron chi connectivity index (χ1n) is 8.58. The van der Waals surface area contributed by atoms with Gasteiger partial charge in [0.15, 0.2) is 0 Å². The van der Waals surface area contributed by atoms with Crippen molar-refractivity contribution in [3.8, 4) is 0 Å². The molecule has 3 heteroatoms. The van der Waals surface area contributed by atoms with E-state index in [-0.39, 0.29) is 0 Å². The van der Waals surface area contributed by atoms with Crippen molar-refractivity contribution in [3.63, 3.8) is 0 Å². The van der Waals surface area contributed by atoms with Gasteiger partial charge in [-0.3, -0.25) is 6.08 Å². The van der Waals surface area contributed by atoms with Crippen molar-refractivity contribution in [1.29, 1.82) is 0 Å². The van der Waals surface area contributed by atoms with E-state index < -0.39 is 17.0 Å². The molecule has 27 heavy (non-hydrogen) atoms. The van der Waals surface area contributed by atoms with Gasteiger partial charge in [0, 0.05) is 0 Å². The summed E-state index contributed by atoms with van der Waals surface area (Å²) in [6.07, 6.45) is 10.0. The fourth-order valence-electron chi connectivity index (χ4n) is 2.65. The zero-order valence-electron chi connectivity index (χ0n) is 14.9. The predicted octanol–water partition coefficient (Wildman–Crippen LogP) is 7.39. The largest absolute Gasteiger partial charge is 0.0999 e. The van der Waals surface area contributed by atoms with Gasteiger partial charge in [0.1, 0.15) is 0 Å². The summed E-state index contributed by atoms with van der Waals surface area (Å²) in [6.45, 7) is 0. The first-order valence-corrected chi connectivity index (χ1v) is 12.9. The van der Waals surface area contributed by atoms with Crippen LogP contribution in [0.3, 0.4) is 0 Å². The topological polar surface area (TPSA) is 0 Å². The Morgan fingerprint density at radius 3 is 1.26 bits per heavy atom. The van der Waals surface area contributed by atoms with Crippen LogP contribution in [0.25, 0.3) is 0 Å². The second kappa shape index (κ2) is 13.5. The van der Waals surface area contributed by atoms with Gasteiger partial charge in [-0.15, -0.1) is 6.42 Å². The minimum atomic E-state index is -0.556. The summed E-state index contributed by atoms with van der Waals surface area (Å²) in [5.41, 5.74) is 3.75. The van der Waals surface area contributed by atoms with Crippen molar-refractivity contribution in [2.75, 3.05) is 0 Å². The Balaban J connectivity index is 0.000000274. The minimum Gasteiger partial charge on any atom is -0.0999 e. The molecule has 0 unspecified atom stereocenters. The molecule has 3 aromatic carbocycles. The van der Waals surface area contributed by atoms with E-state index in [0.29, 0.717) is 0 Å². The molecule has 0 aliphatic heterocycles. The van der Waals surface area contributed by atoms with E-state index in [9.17, 15) is 0 Å². The Morgan fingerprint density at radius 1 is 0.667 bits per heavy atom. The first kappa shape index (κ1) is 21.6. The molecule has 0 N–H and O–H groups in total. The summed E-state index contributed by atoms with van der Waals surface area (Å²) >= 11 is -0.556. The van der Waals surface area contributed by atoms with E-state index in [4.69, 9.17) is 18.6 Å². The second-order valence-corrected chi connectivity index (χ2v) is 8.13. The van der Waals surface area contributed by atoms with Gasteiger partial charge in [-0.25, -0.2) is 12.2 Å². The van der Waals surface area contributed by atoms with Crippen molar-refractivity contribution in [1.82, 2.24) is 0 Å². The molecule has 0 nitrogen and oxygen atoms in total. The van der Waals surface area contributed by atoms with Crippen LogP contribution in [0.5, 0.6) is 0 Å². The monoisotopic (exact) mass is 426 g/mol. The maximum Gasteiger partial charge on any atom is -0.0710 e. The van der Waals surface area contributed by atoms with Crippen molar-refractivity contribution in [2.45, 2.75) is 6.42 Å². The Hall–Kier alpha value is -1.70. The van der Waals surface area contributed by atoms with Gasteiger partial charge in [0.25, 0.3) is 0 Å². The van der Waals surface area contributed by atoms with Crippen LogP contribution in [-0.2, 0) is 17.0 Å². The maximum absolute atomic E-state index is 4.89. The van der Waals surface area contributed by atoms with Crippen LogP contribution < -0.4 is 0 Å². The molecule has 4 rings (SSSR count). The van der Waals surface area contributed by atoms with Crippen molar-refractivity contribution in [3.05, 3.63) is 138 Å². The van der Waals surface area contributed by atoms with Crippen molar-refractivity contribution < 1.29 is 17.0 Å². The number of halogens is 2. The molecule has 0 heterocycles. The standard InChI is InChI=1S/C19H15.C5H5.2ClH.Ti/c1-4-10-16(11-5-1)19(17-12-6-2-7-13-17)18-14-8-3-9-15-18;1-2-4-5-3-1;;;/h1-15H;1-3H,4H2;2*1H;/q2*-1;;;+2/p-2. The van der Waals surface area contributed by atoms with Crippen molar-refractivity contribution >= 4 is 18.6 Å². The van der Waals surface area contributed by atoms with Crippen LogP contribution in [0.2, 0.25) is 0 Å². The Morgan fingerprint density at radius 2 is 1.04 bits per heavy atom. The molecule has 0 spiro atoms. The van der Waals surface area contributed by atoms with Gasteiger partial charge in [0.2, 0.25) is 0 Å². The molecule has 1 aliphatic rings. The van der Waals surface area contributed by atoms with Crippen molar-refractivity contribution in [2.24, 2.45) is 0 Å². The molecule has 0 saturated carbocycles. The Kier molecular flexibility index (Phi) is 10.8. The van der Waals surface area contributed by atoms with Crippen LogP contribution in [0.15, 0.2) is 109 Å². The number of hydrogen-bond acceptors (Lipinski definition) is 0. The van der Waals surface area contributed by atoms with Gasteiger partial charge < -0.3 is 0 Å². The van der Waals surface area contributed by atoms with Crippen LogP contribution >= 0.6 is 18.6 Å². The molecule has 0 radical (unpaired) electrons. The average Bonchev–Trinajstić information content (AvgIpc) is 3.32. The molecule has 1 aliphatic carbocycles. The molecular formula is C24H20Cl2Ti-2. The summed E-state index contributed by atoms with van der Waals surface area (Å²) in [5, 5.41) is 0. The third-order valence-electron chi connectivity index (χ3n) is 3.77. The van der Waals surface area contributed by atoms with Crippen LogP contribution in [0.1, 0.15) is 23.1 Å². The normalized spacial score (nSPS) is 10.9. The predicted molar refractivity (Wildman–Crippen MR) is 113 cm³/mol. The molecule has 0 aromatic heterocycles. The van der Waals surface area contributed by atoms with Gasteiger partial charge >= 0.3 is 35.6 Å². The Labute approximate surface area is 179 Å². The van der Waals surface area contributed by atoms with Crippen LogP contribution in [0.4, 0.5) is 0 Å². The number of rotatable bonds is 3. The third kappa shape index (κ3) is 7.83. The molecule has 136 valence electrons. The first-order chi connectivity index (χ1) is 13.4. The number of benzene rings is 3. The van der Waals surface area contributed by atoms with Gasteiger partial charge in [-0.05, 0) is 0 Å². The fraction of sp³-hybridized carbons (Fsp3) is 0.0417. The molecular weight excluding hydrogens is 407 g/mol. The van der Waals surface area contributed by atoms with E-state index in [2.05, 4.69) is 103 Å². The van der Waals surface area contributed by atoms with Gasteiger partial charge in [0.05, 0.1) is 0 Å². The van der Waals surface area contributed by atoms with E-state index in [1.165, 1.54) is 22.6 Å². The molecule has 0 atom stereocenters. The van der Waals surface area contributed by atoms with E-state index in [1.807, 2.05) is 12.2 Å². The van der Waals surface area contributed by atoms with E-state index in [0.717, 1.165) is 6.42 Å². The number of allylic oxidation sites excluding steroid dienone is 4. The smallest absolute Gasteiger partial charge is 0.0710 e. The maximum atomic E-state index is 4.89. The molecule has 0 fully saturated rings. The zero-order chi connectivity index (χ0) is 19.2. The summed E-state index contributed by atoms with van der Waals surface area (Å²) < 4.78 is 0. The van der Waals surface area contributed by atoms with Gasteiger partial charge in [-0.1, -0.05) is 114 Å². The average molecular weight is 427 g/mol. The second-order valence-electron chi connectivity index (χ2n) is 5.55. The summed E-state index contributed by atoms with van der Waals surface area (Å²) in [4.78, 5) is 0. The zero-order valence-corrected chi connectivity index (χ0v) is 17.9. The summed E-state index contributed by atoms with van der Waals surface area (Å²) in [5.74, 6) is 1.28. The van der Waals surface area contributed by atoms with Gasteiger partial charge in [-0.2, -0.15) is 6.08 Å².